The molecule has 1 saturated heterocycles. The molecule has 1 heterocycles. The summed E-state index contributed by atoms with van der Waals surface area (Å²) in [6, 6.07) is 20.5. The van der Waals surface area contributed by atoms with Gasteiger partial charge in [0.2, 0.25) is 0 Å². The fourth-order valence-electron chi connectivity index (χ4n) is 4.02. The number of ether oxygens (including phenoxy) is 2. The van der Waals surface area contributed by atoms with Gasteiger partial charge in [0.15, 0.2) is 0 Å². The number of aliphatic hydroxyl groups is 1. The van der Waals surface area contributed by atoms with Gasteiger partial charge in [-0.2, -0.15) is 0 Å². The summed E-state index contributed by atoms with van der Waals surface area (Å²) in [5, 5.41) is 11.6. The summed E-state index contributed by atoms with van der Waals surface area (Å²) in [7, 11) is 1.58. The van der Waals surface area contributed by atoms with Gasteiger partial charge in [0.1, 0.15) is 17.3 Å². The normalized spacial score (nSPS) is 17.1. The molecule has 174 valence electrons. The summed E-state index contributed by atoms with van der Waals surface area (Å²) < 4.78 is 10.7. The molecule has 1 aliphatic rings. The van der Waals surface area contributed by atoms with E-state index in [0.717, 1.165) is 11.1 Å². The molecule has 1 amide bonds. The lowest BCUT2D eigenvalue weighted by Crippen LogP contribution is -2.29. The number of likely N-dealkylation sites (tertiary alicyclic amines) is 1. The molecule has 1 aliphatic heterocycles. The predicted octanol–water partition coefficient (Wildman–Crippen LogP) is 5.37. The first-order valence-corrected chi connectivity index (χ1v) is 11.2. The van der Waals surface area contributed by atoms with E-state index in [4.69, 9.17) is 21.1 Å². The van der Waals surface area contributed by atoms with Crippen molar-refractivity contribution in [2.24, 2.45) is 0 Å². The van der Waals surface area contributed by atoms with Gasteiger partial charge in [0.05, 0.1) is 30.4 Å². The molecule has 3 aromatic rings. The number of carbonyl (C=O) groups excluding carboxylic acids is 2. The number of amides is 1. The maximum atomic E-state index is 13.2. The van der Waals surface area contributed by atoms with Crippen LogP contribution in [0.3, 0.4) is 0 Å². The third-order valence-electron chi connectivity index (χ3n) is 5.67. The molecular formula is C27H24ClNO5. The van der Waals surface area contributed by atoms with Crippen LogP contribution < -0.4 is 9.47 Å². The Morgan fingerprint density at radius 2 is 1.74 bits per heavy atom. The smallest absolute Gasteiger partial charge is 0.295 e. The summed E-state index contributed by atoms with van der Waals surface area (Å²) in [4.78, 5) is 27.8. The molecule has 1 fully saturated rings. The minimum Gasteiger partial charge on any atom is -0.507 e. The van der Waals surface area contributed by atoms with Gasteiger partial charge in [0, 0.05) is 12.1 Å². The molecule has 0 aliphatic carbocycles. The van der Waals surface area contributed by atoms with E-state index in [0.29, 0.717) is 28.7 Å². The van der Waals surface area contributed by atoms with E-state index in [1.807, 2.05) is 49.4 Å². The molecule has 7 heteroatoms. The van der Waals surface area contributed by atoms with Crippen molar-refractivity contribution in [1.82, 2.24) is 4.90 Å². The molecule has 0 spiro atoms. The Hall–Kier alpha value is -3.77. The van der Waals surface area contributed by atoms with Crippen LogP contribution in [0.15, 0.2) is 78.4 Å². The monoisotopic (exact) mass is 477 g/mol. The fourth-order valence-corrected chi connectivity index (χ4v) is 4.20. The van der Waals surface area contributed by atoms with E-state index < -0.39 is 17.7 Å². The zero-order chi connectivity index (χ0) is 24.2. The van der Waals surface area contributed by atoms with E-state index in [1.54, 1.807) is 37.4 Å². The highest BCUT2D eigenvalue weighted by Crippen LogP contribution is 2.41. The summed E-state index contributed by atoms with van der Waals surface area (Å²) in [5.41, 5.74) is 1.91. The molecule has 0 bridgehead atoms. The van der Waals surface area contributed by atoms with Crippen molar-refractivity contribution in [2.45, 2.75) is 19.5 Å². The van der Waals surface area contributed by atoms with Gasteiger partial charge >= 0.3 is 0 Å². The van der Waals surface area contributed by atoms with Gasteiger partial charge < -0.3 is 19.5 Å². The summed E-state index contributed by atoms with van der Waals surface area (Å²) in [6.45, 7) is 2.40. The Kier molecular flexibility index (Phi) is 6.89. The highest BCUT2D eigenvalue weighted by Gasteiger charge is 2.46. The number of methoxy groups -OCH3 is 1. The van der Waals surface area contributed by atoms with E-state index in [9.17, 15) is 14.7 Å². The Morgan fingerprint density at radius 1 is 1.03 bits per heavy atom. The number of Topliss-reactive ketones (excluding diaryl/α,β-unsaturated/α-hetero) is 1. The number of hydrogen-bond donors (Lipinski definition) is 1. The second kappa shape index (κ2) is 10.0. The summed E-state index contributed by atoms with van der Waals surface area (Å²) in [6.07, 6.45) is 0. The largest absolute Gasteiger partial charge is 0.507 e. The first-order chi connectivity index (χ1) is 16.4. The number of aliphatic hydroxyl groups excluding tert-OH is 1. The van der Waals surface area contributed by atoms with Crippen molar-refractivity contribution in [1.29, 1.82) is 0 Å². The maximum Gasteiger partial charge on any atom is 0.295 e. The lowest BCUT2D eigenvalue weighted by Gasteiger charge is -2.25. The van der Waals surface area contributed by atoms with Crippen LogP contribution in [0.25, 0.3) is 5.76 Å². The lowest BCUT2D eigenvalue weighted by atomic mass is 9.95. The Balaban J connectivity index is 1.81. The highest BCUT2D eigenvalue weighted by molar-refractivity contribution is 6.46. The molecule has 34 heavy (non-hydrogen) atoms. The fraction of sp³-hybridized carbons (Fsp3) is 0.185. The number of hydrogen-bond acceptors (Lipinski definition) is 5. The predicted molar refractivity (Wildman–Crippen MR) is 130 cm³/mol. The van der Waals surface area contributed by atoms with Crippen LogP contribution in [0.1, 0.15) is 29.7 Å². The zero-order valence-corrected chi connectivity index (χ0v) is 19.6. The molecular weight excluding hydrogens is 454 g/mol. The van der Waals surface area contributed by atoms with E-state index >= 15 is 0 Å². The van der Waals surface area contributed by atoms with E-state index in [2.05, 4.69) is 0 Å². The molecule has 6 nitrogen and oxygen atoms in total. The van der Waals surface area contributed by atoms with Gasteiger partial charge in [-0.1, -0.05) is 54.1 Å². The van der Waals surface area contributed by atoms with Gasteiger partial charge in [0.25, 0.3) is 11.7 Å². The summed E-state index contributed by atoms with van der Waals surface area (Å²) >= 11 is 6.19. The number of halogens is 1. The molecule has 4 rings (SSSR count). The number of rotatable bonds is 7. The number of nitrogens with zero attached hydrogens (tertiary/aromatic N) is 1. The molecule has 1 atom stereocenters. The Morgan fingerprint density at radius 3 is 2.38 bits per heavy atom. The molecule has 0 radical (unpaired) electrons. The highest BCUT2D eigenvalue weighted by atomic mass is 35.5. The SMILES string of the molecule is CCOc1cc(/C(O)=C2/C(=O)C(=O)N(Cc3ccc(OC)cc3)C2c2ccccc2)ccc1Cl. The molecule has 0 aromatic heterocycles. The average molecular weight is 478 g/mol. The van der Waals surface area contributed by atoms with Crippen LogP contribution in [0.4, 0.5) is 0 Å². The van der Waals surface area contributed by atoms with Crippen LogP contribution >= 0.6 is 11.6 Å². The first kappa shape index (κ1) is 23.4. The van der Waals surface area contributed by atoms with Crippen LogP contribution in [0.5, 0.6) is 11.5 Å². The van der Waals surface area contributed by atoms with Crippen LogP contribution in [0, 0.1) is 0 Å². The van der Waals surface area contributed by atoms with Crippen molar-refractivity contribution in [3.63, 3.8) is 0 Å². The third-order valence-corrected chi connectivity index (χ3v) is 5.98. The van der Waals surface area contributed by atoms with Crippen molar-refractivity contribution in [2.75, 3.05) is 13.7 Å². The van der Waals surface area contributed by atoms with Gasteiger partial charge in [-0.25, -0.2) is 0 Å². The van der Waals surface area contributed by atoms with Gasteiger partial charge in [-0.3, -0.25) is 9.59 Å². The van der Waals surface area contributed by atoms with Crippen molar-refractivity contribution in [3.05, 3.63) is 100 Å². The van der Waals surface area contributed by atoms with Crippen molar-refractivity contribution >= 4 is 29.1 Å². The quantitative estimate of drug-likeness (QED) is 0.281. The van der Waals surface area contributed by atoms with Crippen LogP contribution in [-0.4, -0.2) is 35.4 Å². The lowest BCUT2D eigenvalue weighted by molar-refractivity contribution is -0.140. The second-order valence-corrected chi connectivity index (χ2v) is 8.17. The van der Waals surface area contributed by atoms with Crippen molar-refractivity contribution in [3.8, 4) is 11.5 Å². The maximum absolute atomic E-state index is 13.2. The Labute approximate surface area is 203 Å². The number of benzene rings is 3. The zero-order valence-electron chi connectivity index (χ0n) is 18.8. The summed E-state index contributed by atoms with van der Waals surface area (Å²) in [5.74, 6) is -0.616. The molecule has 1 unspecified atom stereocenters. The average Bonchev–Trinajstić information content (AvgIpc) is 3.11. The minimum atomic E-state index is -0.755. The first-order valence-electron chi connectivity index (χ1n) is 10.8. The topological polar surface area (TPSA) is 76.1 Å². The van der Waals surface area contributed by atoms with Gasteiger partial charge in [-0.05, 0) is 48.4 Å². The van der Waals surface area contributed by atoms with E-state index in [1.165, 1.54) is 4.90 Å². The van der Waals surface area contributed by atoms with Crippen LogP contribution in [0.2, 0.25) is 5.02 Å². The van der Waals surface area contributed by atoms with E-state index in [-0.39, 0.29) is 17.9 Å². The third kappa shape index (κ3) is 4.50. The second-order valence-electron chi connectivity index (χ2n) is 7.76. The molecule has 1 N–H and O–H groups in total. The molecule has 0 saturated carbocycles. The Bertz CT molecular complexity index is 1240. The standard InChI is InChI=1S/C27H24ClNO5/c1-3-34-22-15-19(11-14-21(22)28)25(30)23-24(18-7-5-4-6-8-18)29(27(32)26(23)31)16-17-9-12-20(33-2)13-10-17/h4-15,24,30H,3,16H2,1-2H3/b25-23-. The van der Waals surface area contributed by atoms with Gasteiger partial charge in [-0.15, -0.1) is 0 Å². The molecule has 3 aromatic carbocycles. The van der Waals surface area contributed by atoms with Crippen LogP contribution in [-0.2, 0) is 16.1 Å². The minimum absolute atomic E-state index is 0.0227. The van der Waals surface area contributed by atoms with Crippen molar-refractivity contribution < 1.29 is 24.2 Å². The number of ketones is 1. The number of carbonyl (C=O) groups is 2.